The summed E-state index contributed by atoms with van der Waals surface area (Å²) in [5.41, 5.74) is 12.0. The van der Waals surface area contributed by atoms with Gasteiger partial charge in [-0.3, -0.25) is 9.56 Å². The van der Waals surface area contributed by atoms with E-state index in [-0.39, 0.29) is 12.4 Å². The zero-order valence-corrected chi connectivity index (χ0v) is 19.8. The SMILES string of the molecule is CC(N)(N=CN=N)C1CN(CCCOCP(=O)(I)O/C2=C/C=C\C=C/C#CC2)C=N1. The summed E-state index contributed by atoms with van der Waals surface area (Å²) in [6.07, 6.45) is 13.1. The fourth-order valence-electron chi connectivity index (χ4n) is 2.61. The molecule has 9 nitrogen and oxygen atoms in total. The predicted molar refractivity (Wildman–Crippen MR) is 127 cm³/mol. The molecular formula is C19H26IN6O3P. The Balaban J connectivity index is 1.68. The molecule has 0 spiro atoms. The number of ether oxygens (including phenoxy) is 1. The highest BCUT2D eigenvalue weighted by atomic mass is 127. The first-order valence-corrected chi connectivity index (χ1v) is 14.0. The first-order chi connectivity index (χ1) is 14.3. The molecule has 2 aliphatic rings. The fourth-order valence-corrected chi connectivity index (χ4v) is 4.83. The molecule has 3 atom stereocenters. The zero-order chi connectivity index (χ0) is 21.9. The molecule has 0 saturated carbocycles. The summed E-state index contributed by atoms with van der Waals surface area (Å²) in [5, 5.41) is 0.141. The van der Waals surface area contributed by atoms with Gasteiger partial charge in [-0.1, -0.05) is 30.1 Å². The summed E-state index contributed by atoms with van der Waals surface area (Å²) >= 11 is 1.82. The third kappa shape index (κ3) is 8.92. The number of aliphatic imine (C=N–C) groups is 2. The van der Waals surface area contributed by atoms with Gasteiger partial charge in [-0.2, -0.15) is 0 Å². The number of nitrogens with zero attached hydrogens (tertiary/aromatic N) is 4. The van der Waals surface area contributed by atoms with Crippen molar-refractivity contribution in [3.05, 3.63) is 36.1 Å². The van der Waals surface area contributed by atoms with Gasteiger partial charge in [0.1, 0.15) is 30.2 Å². The second-order valence-electron chi connectivity index (χ2n) is 6.82. The molecule has 2 rings (SSSR count). The third-order valence-electron chi connectivity index (χ3n) is 4.17. The molecule has 0 saturated heterocycles. The average molecular weight is 544 g/mol. The molecule has 0 radical (unpaired) electrons. The van der Waals surface area contributed by atoms with Gasteiger partial charge < -0.3 is 19.9 Å². The quantitative estimate of drug-likeness (QED) is 0.0778. The van der Waals surface area contributed by atoms with Crippen LogP contribution in [-0.4, -0.2) is 55.3 Å². The van der Waals surface area contributed by atoms with Crippen LogP contribution < -0.4 is 5.73 Å². The van der Waals surface area contributed by atoms with Gasteiger partial charge in [-0.15, -0.1) is 5.11 Å². The molecule has 0 bridgehead atoms. The van der Waals surface area contributed by atoms with Crippen LogP contribution in [0.4, 0.5) is 0 Å². The largest absolute Gasteiger partial charge is 0.439 e. The summed E-state index contributed by atoms with van der Waals surface area (Å²) in [5.74, 6) is 6.39. The van der Waals surface area contributed by atoms with Crippen LogP contribution in [0.2, 0.25) is 0 Å². The van der Waals surface area contributed by atoms with Crippen LogP contribution in [-0.2, 0) is 13.8 Å². The maximum atomic E-state index is 12.7. The van der Waals surface area contributed by atoms with E-state index in [0.717, 1.165) is 19.3 Å². The van der Waals surface area contributed by atoms with E-state index in [4.69, 9.17) is 20.5 Å². The van der Waals surface area contributed by atoms with E-state index >= 15 is 0 Å². The monoisotopic (exact) mass is 544 g/mol. The van der Waals surface area contributed by atoms with Crippen molar-refractivity contribution in [2.75, 3.05) is 26.0 Å². The second kappa shape index (κ2) is 12.2. The molecule has 3 N–H and O–H groups in total. The van der Waals surface area contributed by atoms with Gasteiger partial charge in [0.15, 0.2) is 0 Å². The van der Waals surface area contributed by atoms with Crippen molar-refractivity contribution in [1.82, 2.24) is 4.90 Å². The minimum Gasteiger partial charge on any atom is -0.439 e. The smallest absolute Gasteiger partial charge is 0.329 e. The lowest BCUT2D eigenvalue weighted by molar-refractivity contribution is 0.160. The molecule has 0 aromatic carbocycles. The molecule has 1 aliphatic carbocycles. The van der Waals surface area contributed by atoms with Crippen molar-refractivity contribution in [2.45, 2.75) is 31.5 Å². The summed E-state index contributed by atoms with van der Waals surface area (Å²) in [4.78, 5) is 10.5. The van der Waals surface area contributed by atoms with Gasteiger partial charge in [0.25, 0.3) is 0 Å². The number of nitrogens with two attached hydrogens (primary N) is 1. The number of rotatable bonds is 11. The highest BCUT2D eigenvalue weighted by Crippen LogP contribution is 2.57. The predicted octanol–water partition coefficient (Wildman–Crippen LogP) is 3.85. The van der Waals surface area contributed by atoms with Crippen LogP contribution in [0.5, 0.6) is 0 Å². The molecular weight excluding hydrogens is 518 g/mol. The summed E-state index contributed by atoms with van der Waals surface area (Å²) < 4.78 is 23.9. The van der Waals surface area contributed by atoms with E-state index in [1.54, 1.807) is 25.4 Å². The van der Waals surface area contributed by atoms with Gasteiger partial charge in [0.2, 0.25) is 0 Å². The lowest BCUT2D eigenvalue weighted by Gasteiger charge is -2.25. The molecule has 11 heteroatoms. The third-order valence-corrected chi connectivity index (χ3v) is 6.59. The molecule has 0 fully saturated rings. The van der Waals surface area contributed by atoms with Crippen LogP contribution in [0, 0.1) is 17.4 Å². The Morgan fingerprint density at radius 2 is 2.37 bits per heavy atom. The van der Waals surface area contributed by atoms with Crippen LogP contribution >= 0.6 is 27.1 Å². The lowest BCUT2D eigenvalue weighted by atomic mass is 10.1. The highest BCUT2D eigenvalue weighted by molar-refractivity contribution is 14.2. The van der Waals surface area contributed by atoms with E-state index < -0.39 is 10.7 Å². The van der Waals surface area contributed by atoms with E-state index in [9.17, 15) is 4.57 Å². The van der Waals surface area contributed by atoms with Crippen LogP contribution in [0.15, 0.2) is 51.2 Å². The van der Waals surface area contributed by atoms with Crippen LogP contribution in [0.25, 0.3) is 0 Å². The first-order valence-electron chi connectivity index (χ1n) is 9.36. The average Bonchev–Trinajstić information content (AvgIpc) is 3.20. The van der Waals surface area contributed by atoms with E-state index in [0.29, 0.717) is 25.3 Å². The van der Waals surface area contributed by atoms with Crippen LogP contribution in [0.1, 0.15) is 19.8 Å². The van der Waals surface area contributed by atoms with Crippen molar-refractivity contribution < 1.29 is 13.8 Å². The highest BCUT2D eigenvalue weighted by Gasteiger charge is 2.33. The standard InChI is InChI=1S/C19H26IN6O3P/c1-19(21,24-14-25-22)18-13-26(15-23-18)11-8-12-28-16-30(20,27)29-17-9-6-4-2-3-5-7-10-17/h2-4,6,9,14-15,18,22H,8,10-13,16,21H2,1H3/b3-2-,6-4-,17-9+,24-14?,25-22?. The summed E-state index contributed by atoms with van der Waals surface area (Å²) in [6, 6.07) is -0.201. The van der Waals surface area contributed by atoms with Crippen LogP contribution in [0.3, 0.4) is 0 Å². The Morgan fingerprint density at radius 3 is 3.17 bits per heavy atom. The summed E-state index contributed by atoms with van der Waals surface area (Å²) in [7, 11) is 0. The Hall–Kier alpha value is -1.80. The maximum absolute atomic E-state index is 12.7. The second-order valence-corrected chi connectivity index (χ2v) is 12.9. The van der Waals surface area contributed by atoms with Gasteiger partial charge in [-0.05, 0) is 25.5 Å². The molecule has 0 amide bonds. The van der Waals surface area contributed by atoms with E-state index in [1.165, 1.54) is 0 Å². The number of halogens is 1. The normalized spacial score (nSPS) is 26.2. The maximum Gasteiger partial charge on any atom is 0.329 e. The summed E-state index contributed by atoms with van der Waals surface area (Å²) in [6.45, 7) is 3.57. The van der Waals surface area contributed by atoms with Crippen molar-refractivity contribution in [2.24, 2.45) is 20.8 Å². The van der Waals surface area contributed by atoms with Gasteiger partial charge in [0.05, 0.1) is 12.8 Å². The minimum absolute atomic E-state index is 0.0310. The molecule has 162 valence electrons. The van der Waals surface area contributed by atoms with E-state index in [1.807, 2.05) is 45.2 Å². The van der Waals surface area contributed by atoms with Crippen molar-refractivity contribution in [1.29, 1.82) is 5.53 Å². The molecule has 0 aromatic heterocycles. The van der Waals surface area contributed by atoms with Gasteiger partial charge >= 0.3 is 5.01 Å². The molecule has 1 heterocycles. The van der Waals surface area contributed by atoms with E-state index in [2.05, 4.69) is 26.9 Å². The number of nitrogens with one attached hydrogen (secondary N) is 1. The Kier molecular flexibility index (Phi) is 9.91. The Bertz CT molecular complexity index is 856. The number of hydrogen-bond acceptors (Lipinski definition) is 8. The number of allylic oxidation sites excluding steroid dienone is 6. The minimum atomic E-state index is -2.96. The topological polar surface area (TPSA) is 126 Å². The lowest BCUT2D eigenvalue weighted by Crippen LogP contribution is -2.48. The van der Waals surface area contributed by atoms with Crippen molar-refractivity contribution in [3.8, 4) is 11.8 Å². The molecule has 0 aromatic rings. The van der Waals surface area contributed by atoms with Crippen molar-refractivity contribution >= 4 is 39.7 Å². The molecule has 1 aliphatic heterocycles. The molecule has 3 unspecified atom stereocenters. The zero-order valence-electron chi connectivity index (χ0n) is 16.8. The Morgan fingerprint density at radius 1 is 1.53 bits per heavy atom. The van der Waals surface area contributed by atoms with Gasteiger partial charge in [0, 0.05) is 41.7 Å². The number of hydrogen-bond donors (Lipinski definition) is 2. The van der Waals surface area contributed by atoms with Crippen molar-refractivity contribution in [3.63, 3.8) is 0 Å². The first kappa shape index (κ1) is 24.5. The van der Waals surface area contributed by atoms with Gasteiger partial charge in [-0.25, -0.2) is 10.5 Å². The molecule has 30 heavy (non-hydrogen) atoms. The fraction of sp³-hybridized carbons (Fsp3) is 0.474. The Labute approximate surface area is 190 Å².